The lowest BCUT2D eigenvalue weighted by Gasteiger charge is -2.31. The third-order valence-electron chi connectivity index (χ3n) is 3.87. The molecule has 20 heavy (non-hydrogen) atoms. The molecule has 1 unspecified atom stereocenters. The van der Waals surface area contributed by atoms with Gasteiger partial charge in [0.15, 0.2) is 0 Å². The number of hydrogen-bond acceptors (Lipinski definition) is 2. The van der Waals surface area contributed by atoms with Crippen molar-refractivity contribution >= 4 is 22.6 Å². The second-order valence-corrected chi connectivity index (χ2v) is 5.35. The first-order chi connectivity index (χ1) is 9.76. The molecule has 0 spiro atoms. The summed E-state index contributed by atoms with van der Waals surface area (Å²) in [5, 5.41) is 13.2. The van der Waals surface area contributed by atoms with E-state index in [9.17, 15) is 9.90 Å². The minimum atomic E-state index is -0.0852. The summed E-state index contributed by atoms with van der Waals surface area (Å²) in [4.78, 5) is 17.1. The number of urea groups is 1. The molecule has 1 fully saturated rings. The number of carbonyl (C=O) groups is 1. The lowest BCUT2D eigenvalue weighted by molar-refractivity contribution is 0.136. The number of nitrogens with one attached hydrogen (secondary N) is 2. The molecule has 5 heteroatoms. The quantitative estimate of drug-likeness (QED) is 0.786. The van der Waals surface area contributed by atoms with E-state index in [1.54, 1.807) is 4.90 Å². The third-order valence-corrected chi connectivity index (χ3v) is 3.87. The predicted molar refractivity (Wildman–Crippen MR) is 78.7 cm³/mol. The van der Waals surface area contributed by atoms with Crippen LogP contribution in [-0.4, -0.2) is 40.7 Å². The molecule has 106 valence electrons. The minimum absolute atomic E-state index is 0.0852. The van der Waals surface area contributed by atoms with E-state index in [0.717, 1.165) is 36.0 Å². The second-order valence-electron chi connectivity index (χ2n) is 5.35. The molecule has 0 radical (unpaired) electrons. The van der Waals surface area contributed by atoms with Crippen LogP contribution in [0.25, 0.3) is 10.9 Å². The highest BCUT2D eigenvalue weighted by Crippen LogP contribution is 2.20. The van der Waals surface area contributed by atoms with Gasteiger partial charge in [-0.3, -0.25) is 0 Å². The van der Waals surface area contributed by atoms with Crippen LogP contribution in [0.5, 0.6) is 0 Å². The molecule has 0 bridgehead atoms. The number of nitrogens with zero attached hydrogens (tertiary/aromatic N) is 1. The fourth-order valence-corrected chi connectivity index (χ4v) is 2.73. The summed E-state index contributed by atoms with van der Waals surface area (Å²) in [6, 6.07) is 7.70. The average Bonchev–Trinajstić information content (AvgIpc) is 2.95. The van der Waals surface area contributed by atoms with Gasteiger partial charge in [-0.25, -0.2) is 4.79 Å². The summed E-state index contributed by atoms with van der Waals surface area (Å²) in [6.45, 7) is 1.54. The van der Waals surface area contributed by atoms with Crippen molar-refractivity contribution in [3.05, 3.63) is 30.5 Å². The normalized spacial score (nSPS) is 19.2. The van der Waals surface area contributed by atoms with Crippen molar-refractivity contribution in [2.24, 2.45) is 5.92 Å². The van der Waals surface area contributed by atoms with Crippen LogP contribution in [0.1, 0.15) is 12.8 Å². The van der Waals surface area contributed by atoms with Gasteiger partial charge in [0.05, 0.1) is 0 Å². The summed E-state index contributed by atoms with van der Waals surface area (Å²) in [5.41, 5.74) is 1.86. The number of aliphatic hydroxyl groups is 1. The number of carbonyl (C=O) groups excluding carboxylic acids is 1. The maximum absolute atomic E-state index is 12.2. The zero-order chi connectivity index (χ0) is 13.9. The Morgan fingerprint density at radius 1 is 1.45 bits per heavy atom. The molecule has 1 aromatic heterocycles. The molecule has 2 heterocycles. The van der Waals surface area contributed by atoms with Gasteiger partial charge in [-0.05, 0) is 43.0 Å². The number of anilines is 1. The summed E-state index contributed by atoms with van der Waals surface area (Å²) in [5.74, 6) is 0.210. The molecular weight excluding hydrogens is 254 g/mol. The van der Waals surface area contributed by atoms with E-state index in [4.69, 9.17) is 0 Å². The number of piperidine rings is 1. The Kier molecular flexibility index (Phi) is 3.60. The molecule has 1 aromatic carbocycles. The number of aromatic amines is 1. The maximum atomic E-state index is 12.2. The zero-order valence-electron chi connectivity index (χ0n) is 11.3. The zero-order valence-corrected chi connectivity index (χ0v) is 11.3. The number of likely N-dealkylation sites (tertiary alicyclic amines) is 1. The number of aromatic nitrogens is 1. The van der Waals surface area contributed by atoms with Gasteiger partial charge in [0.25, 0.3) is 0 Å². The topological polar surface area (TPSA) is 68.4 Å². The average molecular weight is 273 g/mol. The predicted octanol–water partition coefficient (Wildman–Crippen LogP) is 2.40. The largest absolute Gasteiger partial charge is 0.396 e. The molecule has 3 N–H and O–H groups in total. The number of rotatable bonds is 2. The number of benzene rings is 1. The number of H-pyrrole nitrogens is 1. The van der Waals surface area contributed by atoms with E-state index >= 15 is 0 Å². The highest BCUT2D eigenvalue weighted by atomic mass is 16.3. The lowest BCUT2D eigenvalue weighted by atomic mass is 9.99. The van der Waals surface area contributed by atoms with Crippen LogP contribution in [-0.2, 0) is 0 Å². The lowest BCUT2D eigenvalue weighted by Crippen LogP contribution is -2.43. The maximum Gasteiger partial charge on any atom is 0.321 e. The van der Waals surface area contributed by atoms with Crippen molar-refractivity contribution in [3.8, 4) is 0 Å². The molecule has 1 aliphatic heterocycles. The van der Waals surface area contributed by atoms with Gasteiger partial charge >= 0.3 is 6.03 Å². The summed E-state index contributed by atoms with van der Waals surface area (Å²) in [7, 11) is 0. The Labute approximate surface area is 117 Å². The Hall–Kier alpha value is -2.01. The van der Waals surface area contributed by atoms with Gasteiger partial charge in [-0.1, -0.05) is 0 Å². The van der Waals surface area contributed by atoms with E-state index in [1.165, 1.54) is 0 Å². The van der Waals surface area contributed by atoms with Crippen LogP contribution < -0.4 is 5.32 Å². The molecule has 1 saturated heterocycles. The third kappa shape index (κ3) is 2.63. The van der Waals surface area contributed by atoms with Crippen molar-refractivity contribution in [1.82, 2.24) is 9.88 Å². The van der Waals surface area contributed by atoms with E-state index in [2.05, 4.69) is 10.3 Å². The van der Waals surface area contributed by atoms with E-state index in [-0.39, 0.29) is 18.6 Å². The van der Waals surface area contributed by atoms with Crippen molar-refractivity contribution in [2.75, 3.05) is 25.0 Å². The van der Waals surface area contributed by atoms with Gasteiger partial charge in [-0.2, -0.15) is 0 Å². The highest BCUT2D eigenvalue weighted by Gasteiger charge is 2.23. The first-order valence-corrected chi connectivity index (χ1v) is 7.00. The van der Waals surface area contributed by atoms with Crippen LogP contribution in [0.15, 0.2) is 30.5 Å². The van der Waals surface area contributed by atoms with Crippen molar-refractivity contribution in [1.29, 1.82) is 0 Å². The number of aliphatic hydroxyl groups excluding tert-OH is 1. The SMILES string of the molecule is O=C(Nc1ccc2[nH]ccc2c1)N1CCCC(CO)C1. The smallest absolute Gasteiger partial charge is 0.321 e. The molecule has 1 aliphatic rings. The monoisotopic (exact) mass is 273 g/mol. The van der Waals surface area contributed by atoms with Crippen LogP contribution in [0.4, 0.5) is 10.5 Å². The Morgan fingerprint density at radius 3 is 3.20 bits per heavy atom. The van der Waals surface area contributed by atoms with Gasteiger partial charge in [0, 0.05) is 42.5 Å². The standard InChI is InChI=1S/C15H19N3O2/c19-10-11-2-1-7-18(9-11)15(20)17-13-3-4-14-12(8-13)5-6-16-14/h3-6,8,11,16,19H,1-2,7,9-10H2,(H,17,20). The van der Waals surface area contributed by atoms with Crippen molar-refractivity contribution in [3.63, 3.8) is 0 Å². The fourth-order valence-electron chi connectivity index (χ4n) is 2.73. The van der Waals surface area contributed by atoms with Gasteiger partial charge in [0.1, 0.15) is 0 Å². The molecule has 0 saturated carbocycles. The van der Waals surface area contributed by atoms with E-state index < -0.39 is 0 Å². The molecule has 1 atom stereocenters. The molecular formula is C15H19N3O2. The molecule has 2 aromatic rings. The fraction of sp³-hybridized carbons (Fsp3) is 0.400. The van der Waals surface area contributed by atoms with Crippen molar-refractivity contribution in [2.45, 2.75) is 12.8 Å². The Bertz CT molecular complexity index is 608. The molecule has 5 nitrogen and oxygen atoms in total. The van der Waals surface area contributed by atoms with Gasteiger partial charge in [-0.15, -0.1) is 0 Å². The summed E-state index contributed by atoms with van der Waals surface area (Å²) >= 11 is 0. The van der Waals surface area contributed by atoms with Crippen LogP contribution in [0.2, 0.25) is 0 Å². The van der Waals surface area contributed by atoms with E-state index in [1.807, 2.05) is 30.5 Å². The summed E-state index contributed by atoms with van der Waals surface area (Å²) < 4.78 is 0. The van der Waals surface area contributed by atoms with Crippen LogP contribution in [0, 0.1) is 5.92 Å². The van der Waals surface area contributed by atoms with Crippen molar-refractivity contribution < 1.29 is 9.90 Å². The number of hydrogen-bond donors (Lipinski definition) is 3. The number of amides is 2. The Balaban J connectivity index is 1.68. The second kappa shape index (κ2) is 5.54. The highest BCUT2D eigenvalue weighted by molar-refractivity contribution is 5.92. The first-order valence-electron chi connectivity index (χ1n) is 7.00. The number of fused-ring (bicyclic) bond motifs is 1. The first kappa shape index (κ1) is 13.0. The van der Waals surface area contributed by atoms with Gasteiger partial charge < -0.3 is 20.3 Å². The van der Waals surface area contributed by atoms with Crippen LogP contribution in [0.3, 0.4) is 0 Å². The Morgan fingerprint density at radius 2 is 2.35 bits per heavy atom. The molecule has 0 aliphatic carbocycles. The minimum Gasteiger partial charge on any atom is -0.396 e. The van der Waals surface area contributed by atoms with E-state index in [0.29, 0.717) is 6.54 Å². The van der Waals surface area contributed by atoms with Crippen LogP contribution >= 0.6 is 0 Å². The van der Waals surface area contributed by atoms with Gasteiger partial charge in [0.2, 0.25) is 0 Å². The molecule has 2 amide bonds. The summed E-state index contributed by atoms with van der Waals surface area (Å²) in [6.07, 6.45) is 3.83. The molecule has 3 rings (SSSR count).